The second kappa shape index (κ2) is 9.09. The number of nitrogens with two attached hydrogens (primary N) is 1. The molecule has 1 fully saturated rings. The third-order valence-electron chi connectivity index (χ3n) is 6.47. The first-order chi connectivity index (χ1) is 16.5. The van der Waals surface area contributed by atoms with Crippen LogP contribution in [0.4, 0.5) is 5.69 Å². The fourth-order valence-electron chi connectivity index (χ4n) is 4.59. The van der Waals surface area contributed by atoms with Crippen molar-refractivity contribution in [2.45, 2.75) is 45.0 Å². The second-order valence-electron chi connectivity index (χ2n) is 8.86. The molecule has 1 unspecified atom stereocenters. The van der Waals surface area contributed by atoms with E-state index >= 15 is 0 Å². The van der Waals surface area contributed by atoms with Crippen LogP contribution in [0.2, 0.25) is 0 Å². The van der Waals surface area contributed by atoms with E-state index in [9.17, 15) is 14.4 Å². The standard InChI is InChI=1S/C27H25N3O4/c28-20-10-12-29(13-11-20)15-18-4-6-19(7-5-18)17-34-26-3-1-2-22-23(26)16-30(27(22)33)24-9-8-21(31)14-25(24)32/h1-7,10-13,24,28H,8-9,14-17H2/p+1. The number of aromatic nitrogens is 1. The molecule has 34 heavy (non-hydrogen) atoms. The number of nitrogen functional groups attached to an aromatic ring is 1. The highest BCUT2D eigenvalue weighted by atomic mass is 16.5. The number of anilines is 1. The van der Waals surface area contributed by atoms with Crippen molar-refractivity contribution in [1.82, 2.24) is 4.90 Å². The van der Waals surface area contributed by atoms with Gasteiger partial charge in [-0.2, -0.15) is 0 Å². The van der Waals surface area contributed by atoms with Crippen molar-refractivity contribution in [2.75, 3.05) is 5.73 Å². The molecule has 7 nitrogen and oxygen atoms in total. The lowest BCUT2D eigenvalue weighted by molar-refractivity contribution is -0.688. The Morgan fingerprint density at radius 3 is 2.44 bits per heavy atom. The number of amides is 1. The average Bonchev–Trinajstić information content (AvgIpc) is 3.17. The van der Waals surface area contributed by atoms with E-state index in [-0.39, 0.29) is 23.9 Å². The van der Waals surface area contributed by atoms with E-state index in [2.05, 4.69) is 16.7 Å². The van der Waals surface area contributed by atoms with Gasteiger partial charge in [0.25, 0.3) is 5.91 Å². The van der Waals surface area contributed by atoms with Crippen LogP contribution in [0.3, 0.4) is 0 Å². The molecule has 1 aromatic heterocycles. The van der Waals surface area contributed by atoms with Gasteiger partial charge in [-0.15, -0.1) is 0 Å². The van der Waals surface area contributed by atoms with E-state index in [4.69, 9.17) is 10.5 Å². The first-order valence-corrected chi connectivity index (χ1v) is 11.4. The maximum Gasteiger partial charge on any atom is 0.255 e. The number of ether oxygens (including phenoxy) is 1. The van der Waals surface area contributed by atoms with Crippen molar-refractivity contribution in [3.8, 4) is 5.75 Å². The smallest absolute Gasteiger partial charge is 0.255 e. The van der Waals surface area contributed by atoms with Crippen LogP contribution in [0.1, 0.15) is 46.3 Å². The molecule has 2 aromatic carbocycles. The van der Waals surface area contributed by atoms with E-state index in [1.807, 2.05) is 42.7 Å². The van der Waals surface area contributed by atoms with Crippen molar-refractivity contribution in [2.24, 2.45) is 0 Å². The summed E-state index contributed by atoms with van der Waals surface area (Å²) in [6.45, 7) is 1.44. The predicted molar refractivity (Wildman–Crippen MR) is 125 cm³/mol. The Labute approximate surface area is 197 Å². The van der Waals surface area contributed by atoms with Gasteiger partial charge in [-0.25, -0.2) is 4.57 Å². The minimum atomic E-state index is -0.531. The highest BCUT2D eigenvalue weighted by Crippen LogP contribution is 2.34. The minimum Gasteiger partial charge on any atom is -0.489 e. The van der Waals surface area contributed by atoms with E-state index < -0.39 is 6.04 Å². The monoisotopic (exact) mass is 456 g/mol. The first kappa shape index (κ1) is 21.8. The van der Waals surface area contributed by atoms with Crippen LogP contribution in [-0.2, 0) is 29.3 Å². The molecule has 7 heteroatoms. The molecule has 5 rings (SSSR count). The van der Waals surface area contributed by atoms with Gasteiger partial charge in [-0.1, -0.05) is 30.3 Å². The number of pyridine rings is 1. The zero-order valence-electron chi connectivity index (χ0n) is 18.8. The van der Waals surface area contributed by atoms with Crippen molar-refractivity contribution in [3.05, 3.63) is 89.2 Å². The molecule has 0 spiro atoms. The number of Topliss-reactive ketones (excluding diaryl/α,β-unsaturated/α-hetero) is 2. The summed E-state index contributed by atoms with van der Waals surface area (Å²) in [6, 6.07) is 16.8. The van der Waals surface area contributed by atoms with Crippen molar-refractivity contribution in [1.29, 1.82) is 0 Å². The molecular formula is C27H26N3O4+. The number of carbonyl (C=O) groups excluding carboxylic acids is 3. The van der Waals surface area contributed by atoms with Crippen LogP contribution in [-0.4, -0.2) is 28.4 Å². The van der Waals surface area contributed by atoms with Crippen LogP contribution in [0.5, 0.6) is 5.75 Å². The van der Waals surface area contributed by atoms with Crippen LogP contribution < -0.4 is 15.0 Å². The minimum absolute atomic E-state index is 0.0486. The summed E-state index contributed by atoms with van der Waals surface area (Å²) in [5.41, 5.74) is 10.0. The normalized spacial score (nSPS) is 17.7. The summed E-state index contributed by atoms with van der Waals surface area (Å²) >= 11 is 0. The van der Waals surface area contributed by atoms with Gasteiger partial charge in [0.15, 0.2) is 24.7 Å². The molecular weight excluding hydrogens is 430 g/mol. The van der Waals surface area contributed by atoms with E-state index in [0.717, 1.165) is 28.9 Å². The Kier molecular flexibility index (Phi) is 5.84. The third-order valence-corrected chi connectivity index (χ3v) is 6.47. The van der Waals surface area contributed by atoms with Crippen molar-refractivity contribution >= 4 is 23.2 Å². The lowest BCUT2D eigenvalue weighted by Gasteiger charge is -2.29. The number of carbonyl (C=O) groups is 3. The number of rotatable bonds is 6. The van der Waals surface area contributed by atoms with E-state index in [1.54, 1.807) is 17.0 Å². The molecule has 1 aliphatic heterocycles. The molecule has 2 N–H and O–H groups in total. The Balaban J connectivity index is 1.25. The largest absolute Gasteiger partial charge is 0.489 e. The van der Waals surface area contributed by atoms with Crippen molar-refractivity contribution in [3.63, 3.8) is 0 Å². The highest BCUT2D eigenvalue weighted by molar-refractivity contribution is 6.07. The molecule has 1 aliphatic carbocycles. The van der Waals surface area contributed by atoms with Gasteiger partial charge < -0.3 is 15.4 Å². The highest BCUT2D eigenvalue weighted by Gasteiger charge is 2.39. The summed E-state index contributed by atoms with van der Waals surface area (Å²) < 4.78 is 8.16. The fraction of sp³-hybridized carbons (Fsp3) is 0.259. The quantitative estimate of drug-likeness (QED) is 0.455. The number of ketones is 2. The Bertz CT molecular complexity index is 1250. The van der Waals surface area contributed by atoms with Gasteiger partial charge >= 0.3 is 0 Å². The van der Waals surface area contributed by atoms with E-state index in [1.165, 1.54) is 0 Å². The summed E-state index contributed by atoms with van der Waals surface area (Å²) in [5.74, 6) is 0.261. The van der Waals surface area contributed by atoms with Crippen LogP contribution in [0.25, 0.3) is 0 Å². The molecule has 172 valence electrons. The van der Waals surface area contributed by atoms with Gasteiger partial charge in [0.1, 0.15) is 18.1 Å². The Morgan fingerprint density at radius 1 is 0.971 bits per heavy atom. The summed E-state index contributed by atoms with van der Waals surface area (Å²) in [5, 5.41) is 0. The van der Waals surface area contributed by atoms with Gasteiger partial charge in [-0.3, -0.25) is 14.4 Å². The SMILES string of the molecule is Nc1cc[n+](Cc2ccc(COc3cccc4c3CN(C3CCC(=O)CC3=O)C4=O)cc2)cc1. The van der Waals surface area contributed by atoms with Gasteiger partial charge in [-0.05, 0) is 24.1 Å². The molecule has 2 heterocycles. The topological polar surface area (TPSA) is 93.6 Å². The zero-order chi connectivity index (χ0) is 23.7. The molecule has 1 atom stereocenters. The molecule has 1 amide bonds. The molecule has 1 saturated carbocycles. The van der Waals surface area contributed by atoms with Gasteiger partial charge in [0, 0.05) is 40.9 Å². The molecule has 0 bridgehead atoms. The Morgan fingerprint density at radius 2 is 1.71 bits per heavy atom. The molecule has 3 aromatic rings. The molecule has 2 aliphatic rings. The second-order valence-corrected chi connectivity index (χ2v) is 8.86. The third kappa shape index (κ3) is 4.41. The number of nitrogens with zero attached hydrogens (tertiary/aromatic N) is 2. The van der Waals surface area contributed by atoms with Crippen LogP contribution in [0.15, 0.2) is 67.0 Å². The summed E-state index contributed by atoms with van der Waals surface area (Å²) in [7, 11) is 0. The number of hydrogen-bond donors (Lipinski definition) is 1. The average molecular weight is 457 g/mol. The van der Waals surface area contributed by atoms with Gasteiger partial charge in [0.05, 0.1) is 19.0 Å². The number of hydrogen-bond acceptors (Lipinski definition) is 5. The lowest BCUT2D eigenvalue weighted by atomic mass is 9.92. The maximum atomic E-state index is 13.0. The number of fused-ring (bicyclic) bond motifs is 1. The van der Waals surface area contributed by atoms with E-state index in [0.29, 0.717) is 37.3 Å². The Hall–Kier alpha value is -4.00. The van der Waals surface area contributed by atoms with Crippen LogP contribution in [0, 0.1) is 0 Å². The molecule has 0 saturated heterocycles. The van der Waals surface area contributed by atoms with Gasteiger partial charge in [0.2, 0.25) is 0 Å². The zero-order valence-corrected chi connectivity index (χ0v) is 18.8. The number of benzene rings is 2. The fourth-order valence-corrected chi connectivity index (χ4v) is 4.59. The predicted octanol–water partition coefficient (Wildman–Crippen LogP) is 2.83. The summed E-state index contributed by atoms with van der Waals surface area (Å²) in [4.78, 5) is 38.5. The van der Waals surface area contributed by atoms with Crippen LogP contribution >= 0.6 is 0 Å². The lowest BCUT2D eigenvalue weighted by Crippen LogP contribution is -2.44. The first-order valence-electron chi connectivity index (χ1n) is 11.4. The molecule has 0 radical (unpaired) electrons. The maximum absolute atomic E-state index is 13.0. The summed E-state index contributed by atoms with van der Waals surface area (Å²) in [6.07, 6.45) is 4.56. The van der Waals surface area contributed by atoms with Crippen molar-refractivity contribution < 1.29 is 23.7 Å².